The first kappa shape index (κ1) is 25.3. The maximum atomic E-state index is 13.5. The third-order valence-corrected chi connectivity index (χ3v) is 7.22. The zero-order valence-electron chi connectivity index (χ0n) is 19.7. The minimum absolute atomic E-state index is 0.0321. The summed E-state index contributed by atoms with van der Waals surface area (Å²) >= 11 is 0. The van der Waals surface area contributed by atoms with E-state index in [0.29, 0.717) is 24.5 Å². The fourth-order valence-electron chi connectivity index (χ4n) is 3.55. The van der Waals surface area contributed by atoms with Crippen LogP contribution in [0.4, 0.5) is 0 Å². The first-order chi connectivity index (χ1) is 16.3. The van der Waals surface area contributed by atoms with Crippen LogP contribution < -0.4 is 14.8 Å². The lowest BCUT2D eigenvalue weighted by atomic mass is 10.1. The van der Waals surface area contributed by atoms with Crippen molar-refractivity contribution in [1.82, 2.24) is 9.62 Å². The minimum Gasteiger partial charge on any atom is -0.493 e. The third kappa shape index (κ3) is 6.59. The topological polar surface area (TPSA) is 84.9 Å². The Balaban J connectivity index is 1.81. The van der Waals surface area contributed by atoms with Gasteiger partial charge < -0.3 is 14.8 Å². The second-order valence-corrected chi connectivity index (χ2v) is 9.79. The molecule has 0 atom stereocenters. The van der Waals surface area contributed by atoms with Crippen molar-refractivity contribution in [2.45, 2.75) is 24.8 Å². The molecule has 7 nitrogen and oxygen atoms in total. The van der Waals surface area contributed by atoms with Crippen LogP contribution in [-0.2, 0) is 27.8 Å². The second kappa shape index (κ2) is 11.7. The molecular weight excluding hydrogens is 452 g/mol. The van der Waals surface area contributed by atoms with Crippen molar-refractivity contribution in [1.29, 1.82) is 0 Å². The van der Waals surface area contributed by atoms with Gasteiger partial charge >= 0.3 is 0 Å². The molecule has 8 heteroatoms. The number of carbonyl (C=O) groups is 1. The van der Waals surface area contributed by atoms with Crippen LogP contribution in [0.2, 0.25) is 0 Å². The summed E-state index contributed by atoms with van der Waals surface area (Å²) in [6.45, 7) is 2.16. The van der Waals surface area contributed by atoms with Gasteiger partial charge in [-0.25, -0.2) is 8.42 Å². The fraction of sp³-hybridized carbons (Fsp3) is 0.269. The standard InChI is InChI=1S/C26H30N2O5S/c1-20-8-7-11-22(16-20)18-27-26(29)19-28(15-14-21-9-5-4-6-10-21)34(30,31)23-12-13-24(32-2)25(17-23)33-3/h4-13,16-17H,14-15,18-19H2,1-3H3,(H,27,29). The highest BCUT2D eigenvalue weighted by atomic mass is 32.2. The second-order valence-electron chi connectivity index (χ2n) is 7.86. The monoisotopic (exact) mass is 482 g/mol. The molecule has 3 rings (SSSR count). The van der Waals surface area contributed by atoms with E-state index < -0.39 is 10.0 Å². The van der Waals surface area contributed by atoms with Gasteiger partial charge in [0.2, 0.25) is 15.9 Å². The molecule has 180 valence electrons. The van der Waals surface area contributed by atoms with E-state index in [0.717, 1.165) is 16.7 Å². The molecule has 0 saturated carbocycles. The largest absolute Gasteiger partial charge is 0.493 e. The van der Waals surface area contributed by atoms with Gasteiger partial charge in [0.25, 0.3) is 0 Å². The van der Waals surface area contributed by atoms with Crippen molar-refractivity contribution in [2.24, 2.45) is 0 Å². The highest BCUT2D eigenvalue weighted by molar-refractivity contribution is 7.89. The summed E-state index contributed by atoms with van der Waals surface area (Å²) in [7, 11) is -1.05. The Bertz CT molecular complexity index is 1210. The number of sulfonamides is 1. The predicted octanol–water partition coefficient (Wildman–Crippen LogP) is 3.56. The van der Waals surface area contributed by atoms with Gasteiger partial charge in [-0.05, 0) is 36.6 Å². The number of rotatable bonds is 11. The summed E-state index contributed by atoms with van der Waals surface area (Å²) < 4.78 is 38.7. The van der Waals surface area contributed by atoms with Crippen LogP contribution in [0.1, 0.15) is 16.7 Å². The molecule has 3 aromatic carbocycles. The zero-order valence-corrected chi connectivity index (χ0v) is 20.5. The average molecular weight is 483 g/mol. The van der Waals surface area contributed by atoms with Crippen molar-refractivity contribution in [2.75, 3.05) is 27.3 Å². The Morgan fingerprint density at radius 2 is 1.59 bits per heavy atom. The van der Waals surface area contributed by atoms with E-state index in [-0.39, 0.29) is 23.9 Å². The molecule has 1 N–H and O–H groups in total. The molecular formula is C26H30N2O5S. The van der Waals surface area contributed by atoms with E-state index in [9.17, 15) is 13.2 Å². The Morgan fingerprint density at radius 1 is 0.882 bits per heavy atom. The van der Waals surface area contributed by atoms with E-state index in [1.807, 2.05) is 61.5 Å². The number of amides is 1. The Kier molecular flexibility index (Phi) is 8.67. The molecule has 0 bridgehead atoms. The van der Waals surface area contributed by atoms with Crippen LogP contribution in [0.15, 0.2) is 77.7 Å². The van der Waals surface area contributed by atoms with Crippen LogP contribution in [0, 0.1) is 6.92 Å². The van der Waals surface area contributed by atoms with E-state index in [1.54, 1.807) is 6.07 Å². The molecule has 0 saturated heterocycles. The van der Waals surface area contributed by atoms with E-state index in [2.05, 4.69) is 5.32 Å². The predicted molar refractivity (Wildman–Crippen MR) is 131 cm³/mol. The SMILES string of the molecule is COc1ccc(S(=O)(=O)N(CCc2ccccc2)CC(=O)NCc2cccc(C)c2)cc1OC. The summed E-state index contributed by atoms with van der Waals surface area (Å²) in [5.74, 6) is 0.349. The van der Waals surface area contributed by atoms with Gasteiger partial charge in [0.05, 0.1) is 25.7 Å². The molecule has 0 heterocycles. The van der Waals surface area contributed by atoms with Gasteiger partial charge in [-0.3, -0.25) is 4.79 Å². The van der Waals surface area contributed by atoms with Crippen LogP contribution in [-0.4, -0.2) is 45.9 Å². The Hall–Kier alpha value is -3.36. The Labute approximate surface area is 201 Å². The first-order valence-electron chi connectivity index (χ1n) is 10.9. The van der Waals surface area contributed by atoms with Crippen molar-refractivity contribution in [3.63, 3.8) is 0 Å². The number of aryl methyl sites for hydroxylation is 1. The van der Waals surface area contributed by atoms with Crippen LogP contribution in [0.5, 0.6) is 11.5 Å². The molecule has 3 aromatic rings. The molecule has 0 aromatic heterocycles. The minimum atomic E-state index is -3.98. The van der Waals surface area contributed by atoms with Gasteiger partial charge in [-0.2, -0.15) is 4.31 Å². The molecule has 1 amide bonds. The fourth-order valence-corrected chi connectivity index (χ4v) is 4.96. The number of nitrogens with one attached hydrogen (secondary N) is 1. The van der Waals surface area contributed by atoms with Crippen molar-refractivity contribution < 1.29 is 22.7 Å². The summed E-state index contributed by atoms with van der Waals surface area (Å²) in [6, 6.07) is 21.8. The van der Waals surface area contributed by atoms with Gasteiger partial charge in [-0.1, -0.05) is 60.2 Å². The smallest absolute Gasteiger partial charge is 0.243 e. The molecule has 0 unspecified atom stereocenters. The molecule has 0 aliphatic carbocycles. The maximum Gasteiger partial charge on any atom is 0.243 e. The summed E-state index contributed by atoms with van der Waals surface area (Å²) in [5.41, 5.74) is 3.02. The summed E-state index contributed by atoms with van der Waals surface area (Å²) in [4.78, 5) is 12.8. The van der Waals surface area contributed by atoms with Gasteiger partial charge in [0.15, 0.2) is 11.5 Å². The number of benzene rings is 3. The number of nitrogens with zero attached hydrogens (tertiary/aromatic N) is 1. The third-order valence-electron chi connectivity index (χ3n) is 5.38. The number of hydrogen-bond acceptors (Lipinski definition) is 5. The summed E-state index contributed by atoms with van der Waals surface area (Å²) in [5, 5.41) is 2.83. The lowest BCUT2D eigenvalue weighted by Crippen LogP contribution is -2.41. The van der Waals surface area contributed by atoms with Gasteiger partial charge in [0, 0.05) is 19.2 Å². The van der Waals surface area contributed by atoms with Crippen molar-refractivity contribution in [3.8, 4) is 11.5 Å². The molecule has 34 heavy (non-hydrogen) atoms. The lowest BCUT2D eigenvalue weighted by Gasteiger charge is -2.22. The van der Waals surface area contributed by atoms with Crippen LogP contribution >= 0.6 is 0 Å². The van der Waals surface area contributed by atoms with Crippen molar-refractivity contribution >= 4 is 15.9 Å². The molecule has 0 radical (unpaired) electrons. The first-order valence-corrected chi connectivity index (χ1v) is 12.4. The highest BCUT2D eigenvalue weighted by Gasteiger charge is 2.27. The highest BCUT2D eigenvalue weighted by Crippen LogP contribution is 2.30. The number of carbonyl (C=O) groups excluding carboxylic acids is 1. The van der Waals surface area contributed by atoms with Crippen LogP contribution in [0.3, 0.4) is 0 Å². The van der Waals surface area contributed by atoms with Gasteiger partial charge in [-0.15, -0.1) is 0 Å². The zero-order chi connectivity index (χ0) is 24.6. The van der Waals surface area contributed by atoms with Crippen LogP contribution in [0.25, 0.3) is 0 Å². The van der Waals surface area contributed by atoms with E-state index >= 15 is 0 Å². The quantitative estimate of drug-likeness (QED) is 0.452. The molecule has 0 aliphatic heterocycles. The number of hydrogen-bond donors (Lipinski definition) is 1. The lowest BCUT2D eigenvalue weighted by molar-refractivity contribution is -0.121. The number of methoxy groups -OCH3 is 2. The molecule has 0 aliphatic rings. The Morgan fingerprint density at radius 3 is 2.26 bits per heavy atom. The van der Waals surface area contributed by atoms with Crippen molar-refractivity contribution in [3.05, 3.63) is 89.5 Å². The summed E-state index contributed by atoms with van der Waals surface area (Å²) in [6.07, 6.45) is 0.471. The maximum absolute atomic E-state index is 13.5. The number of ether oxygens (including phenoxy) is 2. The molecule has 0 fully saturated rings. The average Bonchev–Trinajstić information content (AvgIpc) is 2.85. The van der Waals surface area contributed by atoms with E-state index in [4.69, 9.17) is 9.47 Å². The van der Waals surface area contributed by atoms with E-state index in [1.165, 1.54) is 30.7 Å². The normalized spacial score (nSPS) is 11.3. The molecule has 0 spiro atoms. The van der Waals surface area contributed by atoms with Gasteiger partial charge in [0.1, 0.15) is 0 Å².